The van der Waals surface area contributed by atoms with Crippen LogP contribution in [-0.4, -0.2) is 6.61 Å². The van der Waals surface area contributed by atoms with Crippen LogP contribution in [0.4, 0.5) is 0 Å². The van der Waals surface area contributed by atoms with Gasteiger partial charge in [-0.1, -0.05) is 42.5 Å². The Balaban J connectivity index is 2.16. The standard InChI is InChI=1S/C14H14O/c1-2-7-12-11(5-1)6-3-8-13(12)14-9-4-10-15-14/h1-3,5-8,14H,4,9-10H2. The van der Waals surface area contributed by atoms with Crippen molar-refractivity contribution in [3.05, 3.63) is 48.0 Å². The molecule has 1 heterocycles. The second-order valence-electron chi connectivity index (χ2n) is 4.07. The third-order valence-electron chi connectivity index (χ3n) is 3.10. The molecule has 0 saturated carbocycles. The summed E-state index contributed by atoms with van der Waals surface area (Å²) in [5.74, 6) is 0. The van der Waals surface area contributed by atoms with Gasteiger partial charge in [-0.3, -0.25) is 0 Å². The van der Waals surface area contributed by atoms with Gasteiger partial charge in [0.25, 0.3) is 0 Å². The van der Waals surface area contributed by atoms with E-state index in [0.29, 0.717) is 6.10 Å². The summed E-state index contributed by atoms with van der Waals surface area (Å²) in [6.45, 7) is 0.911. The molecule has 0 amide bonds. The van der Waals surface area contributed by atoms with Crippen molar-refractivity contribution in [3.8, 4) is 0 Å². The maximum Gasteiger partial charge on any atom is 0.0831 e. The van der Waals surface area contributed by atoms with Crippen LogP contribution in [-0.2, 0) is 4.74 Å². The maximum absolute atomic E-state index is 5.75. The summed E-state index contributed by atoms with van der Waals surface area (Å²) < 4.78 is 5.75. The Hall–Kier alpha value is -1.34. The van der Waals surface area contributed by atoms with Crippen molar-refractivity contribution >= 4 is 10.8 Å². The smallest absolute Gasteiger partial charge is 0.0831 e. The molecule has 15 heavy (non-hydrogen) atoms. The third kappa shape index (κ3) is 1.53. The van der Waals surface area contributed by atoms with Gasteiger partial charge in [0, 0.05) is 6.61 Å². The highest BCUT2D eigenvalue weighted by atomic mass is 16.5. The van der Waals surface area contributed by atoms with E-state index < -0.39 is 0 Å². The van der Waals surface area contributed by atoms with Crippen LogP contribution >= 0.6 is 0 Å². The largest absolute Gasteiger partial charge is 0.374 e. The molecule has 1 aliphatic heterocycles. The van der Waals surface area contributed by atoms with Crippen LogP contribution in [0.5, 0.6) is 0 Å². The first-order valence-electron chi connectivity index (χ1n) is 5.54. The number of fused-ring (bicyclic) bond motifs is 1. The molecule has 0 aromatic heterocycles. The molecule has 1 nitrogen and oxygen atoms in total. The lowest BCUT2D eigenvalue weighted by atomic mass is 9.99. The van der Waals surface area contributed by atoms with Gasteiger partial charge in [-0.15, -0.1) is 0 Å². The van der Waals surface area contributed by atoms with Crippen molar-refractivity contribution < 1.29 is 4.74 Å². The average molecular weight is 198 g/mol. The Morgan fingerprint density at radius 1 is 1.00 bits per heavy atom. The van der Waals surface area contributed by atoms with Crippen LogP contribution in [0, 0.1) is 0 Å². The van der Waals surface area contributed by atoms with E-state index in [-0.39, 0.29) is 0 Å². The van der Waals surface area contributed by atoms with Crippen LogP contribution in [0.25, 0.3) is 10.8 Å². The van der Waals surface area contributed by atoms with Gasteiger partial charge in [0.05, 0.1) is 6.10 Å². The molecule has 0 spiro atoms. The van der Waals surface area contributed by atoms with Gasteiger partial charge in [-0.25, -0.2) is 0 Å². The first-order valence-corrected chi connectivity index (χ1v) is 5.54. The van der Waals surface area contributed by atoms with Crippen LogP contribution in [0.1, 0.15) is 24.5 Å². The number of rotatable bonds is 1. The second kappa shape index (κ2) is 3.67. The molecule has 1 unspecified atom stereocenters. The van der Waals surface area contributed by atoms with E-state index in [9.17, 15) is 0 Å². The summed E-state index contributed by atoms with van der Waals surface area (Å²) in [4.78, 5) is 0. The molecule has 1 saturated heterocycles. The molecule has 1 fully saturated rings. The number of hydrogen-bond acceptors (Lipinski definition) is 1. The quantitative estimate of drug-likeness (QED) is 0.679. The summed E-state index contributed by atoms with van der Waals surface area (Å²) in [5.41, 5.74) is 1.35. The lowest BCUT2D eigenvalue weighted by Crippen LogP contribution is -1.96. The van der Waals surface area contributed by atoms with E-state index in [1.807, 2.05) is 0 Å². The fourth-order valence-electron chi connectivity index (χ4n) is 2.35. The van der Waals surface area contributed by atoms with E-state index in [1.165, 1.54) is 22.8 Å². The lowest BCUT2D eigenvalue weighted by molar-refractivity contribution is 0.113. The molecule has 3 rings (SSSR count). The van der Waals surface area contributed by atoms with Gasteiger partial charge >= 0.3 is 0 Å². The van der Waals surface area contributed by atoms with Gasteiger partial charge in [-0.05, 0) is 29.2 Å². The highest BCUT2D eigenvalue weighted by Gasteiger charge is 2.19. The molecule has 0 N–H and O–H groups in total. The number of benzene rings is 2. The van der Waals surface area contributed by atoms with Crippen molar-refractivity contribution in [1.29, 1.82) is 0 Å². The highest BCUT2D eigenvalue weighted by molar-refractivity contribution is 5.86. The summed E-state index contributed by atoms with van der Waals surface area (Å²) in [5, 5.41) is 2.65. The molecule has 2 aromatic carbocycles. The first-order chi connectivity index (χ1) is 7.45. The summed E-state index contributed by atoms with van der Waals surface area (Å²) in [6, 6.07) is 15.0. The van der Waals surface area contributed by atoms with E-state index in [0.717, 1.165) is 13.0 Å². The summed E-state index contributed by atoms with van der Waals surface area (Å²) in [7, 11) is 0. The van der Waals surface area contributed by atoms with Crippen LogP contribution in [0.3, 0.4) is 0 Å². The zero-order valence-corrected chi connectivity index (χ0v) is 8.65. The van der Waals surface area contributed by atoms with E-state index in [2.05, 4.69) is 42.5 Å². The first kappa shape index (κ1) is 8.93. The van der Waals surface area contributed by atoms with Gasteiger partial charge in [0.15, 0.2) is 0 Å². The molecule has 0 aliphatic carbocycles. The minimum atomic E-state index is 0.316. The van der Waals surface area contributed by atoms with Gasteiger partial charge in [0.1, 0.15) is 0 Å². The van der Waals surface area contributed by atoms with Gasteiger partial charge in [-0.2, -0.15) is 0 Å². The Morgan fingerprint density at radius 3 is 2.73 bits per heavy atom. The monoisotopic (exact) mass is 198 g/mol. The predicted molar refractivity (Wildman–Crippen MR) is 61.9 cm³/mol. The highest BCUT2D eigenvalue weighted by Crippen LogP contribution is 2.33. The zero-order chi connectivity index (χ0) is 10.1. The van der Waals surface area contributed by atoms with Crippen LogP contribution in [0.15, 0.2) is 42.5 Å². The fourth-order valence-corrected chi connectivity index (χ4v) is 2.35. The molecule has 0 radical (unpaired) electrons. The van der Waals surface area contributed by atoms with Gasteiger partial charge in [0.2, 0.25) is 0 Å². The van der Waals surface area contributed by atoms with Crippen molar-refractivity contribution in [3.63, 3.8) is 0 Å². The van der Waals surface area contributed by atoms with E-state index >= 15 is 0 Å². The van der Waals surface area contributed by atoms with Crippen molar-refractivity contribution in [2.24, 2.45) is 0 Å². The number of hydrogen-bond donors (Lipinski definition) is 0. The van der Waals surface area contributed by atoms with Crippen LogP contribution < -0.4 is 0 Å². The van der Waals surface area contributed by atoms with Crippen molar-refractivity contribution in [2.75, 3.05) is 6.61 Å². The van der Waals surface area contributed by atoms with Crippen molar-refractivity contribution in [2.45, 2.75) is 18.9 Å². The van der Waals surface area contributed by atoms with Crippen molar-refractivity contribution in [1.82, 2.24) is 0 Å². The minimum absolute atomic E-state index is 0.316. The predicted octanol–water partition coefficient (Wildman–Crippen LogP) is 3.69. The lowest BCUT2D eigenvalue weighted by Gasteiger charge is -2.12. The topological polar surface area (TPSA) is 9.23 Å². The molecular weight excluding hydrogens is 184 g/mol. The molecule has 76 valence electrons. The van der Waals surface area contributed by atoms with E-state index in [4.69, 9.17) is 4.74 Å². The molecular formula is C14H14O. The van der Waals surface area contributed by atoms with Gasteiger partial charge < -0.3 is 4.74 Å². The molecule has 0 bridgehead atoms. The molecule has 1 atom stereocenters. The summed E-state index contributed by atoms with van der Waals surface area (Å²) in [6.07, 6.45) is 2.66. The maximum atomic E-state index is 5.75. The van der Waals surface area contributed by atoms with E-state index in [1.54, 1.807) is 0 Å². The Labute approximate surface area is 89.7 Å². The fraction of sp³-hybridized carbons (Fsp3) is 0.286. The Kier molecular flexibility index (Phi) is 2.18. The Morgan fingerprint density at radius 2 is 1.87 bits per heavy atom. The summed E-state index contributed by atoms with van der Waals surface area (Å²) >= 11 is 0. The van der Waals surface area contributed by atoms with Crippen LogP contribution in [0.2, 0.25) is 0 Å². The third-order valence-corrected chi connectivity index (χ3v) is 3.10. The SMILES string of the molecule is c1ccc2c(C3CCCO3)cccc2c1. The normalized spacial score (nSPS) is 20.9. The molecule has 1 aliphatic rings. The Bertz CT molecular complexity index is 464. The number of ether oxygens (including phenoxy) is 1. The molecule has 1 heteroatoms. The minimum Gasteiger partial charge on any atom is -0.374 e. The average Bonchev–Trinajstić information content (AvgIpc) is 2.82. The second-order valence-corrected chi connectivity index (χ2v) is 4.07. The zero-order valence-electron chi connectivity index (χ0n) is 8.65. The molecule has 2 aromatic rings.